The number of carbonyl (C=O) groups excluding carboxylic acids is 1. The highest BCUT2D eigenvalue weighted by atomic mass is 16.6. The molecule has 10 heteroatoms. The van der Waals surface area contributed by atoms with E-state index in [-0.39, 0.29) is 23.3 Å². The first-order valence-electron chi connectivity index (χ1n) is 8.04. The van der Waals surface area contributed by atoms with Crippen molar-refractivity contribution in [3.63, 3.8) is 0 Å². The molecule has 0 bridgehead atoms. The van der Waals surface area contributed by atoms with Crippen LogP contribution < -0.4 is 5.43 Å². The standard InChI is InChI=1S/C16H20N4O6/c1-10(4-5-11-8-15(21)26-16(11,2)3)17-18-13-7-6-12(19(22)23)9-14(13)20(24)25/h6-7,9,11,18H,4-5,8H2,1-3H3/b17-10-. The highest BCUT2D eigenvalue weighted by molar-refractivity contribution is 5.83. The lowest BCUT2D eigenvalue weighted by molar-refractivity contribution is -0.393. The molecule has 1 aliphatic heterocycles. The smallest absolute Gasteiger partial charge is 0.306 e. The molecule has 1 N–H and O–H groups in total. The molecule has 1 aromatic rings. The Morgan fingerprint density at radius 2 is 2.04 bits per heavy atom. The van der Waals surface area contributed by atoms with Crippen LogP contribution in [0, 0.1) is 26.1 Å². The molecular formula is C16H20N4O6. The number of benzene rings is 1. The van der Waals surface area contributed by atoms with Gasteiger partial charge in [0.25, 0.3) is 5.69 Å². The molecule has 140 valence electrons. The molecule has 0 spiro atoms. The second kappa shape index (κ2) is 7.46. The summed E-state index contributed by atoms with van der Waals surface area (Å²) in [5.41, 5.74) is 2.05. The molecule has 0 aliphatic carbocycles. The predicted octanol–water partition coefficient (Wildman–Crippen LogP) is 3.41. The lowest BCUT2D eigenvalue weighted by Gasteiger charge is -2.24. The van der Waals surface area contributed by atoms with Crippen LogP contribution in [-0.4, -0.2) is 27.1 Å². The van der Waals surface area contributed by atoms with Crippen LogP contribution >= 0.6 is 0 Å². The van der Waals surface area contributed by atoms with Crippen LogP contribution in [0.3, 0.4) is 0 Å². The van der Waals surface area contributed by atoms with Crippen molar-refractivity contribution in [2.75, 3.05) is 5.43 Å². The molecule has 1 heterocycles. The number of hydrogen-bond acceptors (Lipinski definition) is 8. The highest BCUT2D eigenvalue weighted by Crippen LogP contribution is 2.35. The van der Waals surface area contributed by atoms with E-state index in [2.05, 4.69) is 10.5 Å². The number of cyclic esters (lactones) is 1. The molecule has 0 amide bonds. The Labute approximate surface area is 149 Å². The summed E-state index contributed by atoms with van der Waals surface area (Å²) in [5.74, 6) is -0.136. The molecule has 1 fully saturated rings. The monoisotopic (exact) mass is 364 g/mol. The molecule has 0 saturated carbocycles. The van der Waals surface area contributed by atoms with Gasteiger partial charge in [0.1, 0.15) is 11.3 Å². The number of anilines is 1. The molecule has 2 rings (SSSR count). The van der Waals surface area contributed by atoms with Crippen LogP contribution in [0.25, 0.3) is 0 Å². The van der Waals surface area contributed by atoms with Gasteiger partial charge in [-0.3, -0.25) is 30.4 Å². The molecular weight excluding hydrogens is 344 g/mol. The maximum absolute atomic E-state index is 11.4. The Morgan fingerprint density at radius 1 is 1.35 bits per heavy atom. The van der Waals surface area contributed by atoms with E-state index in [9.17, 15) is 25.0 Å². The van der Waals surface area contributed by atoms with Crippen molar-refractivity contribution < 1.29 is 19.4 Å². The van der Waals surface area contributed by atoms with Gasteiger partial charge in [-0.15, -0.1) is 0 Å². The van der Waals surface area contributed by atoms with Crippen molar-refractivity contribution in [3.8, 4) is 0 Å². The quantitative estimate of drug-likeness (QED) is 0.338. The molecule has 1 atom stereocenters. The normalized spacial score (nSPS) is 19.1. The van der Waals surface area contributed by atoms with Crippen LogP contribution in [0.2, 0.25) is 0 Å². The summed E-state index contributed by atoms with van der Waals surface area (Å²) in [6.45, 7) is 5.50. The largest absolute Gasteiger partial charge is 0.459 e. The zero-order valence-electron chi connectivity index (χ0n) is 14.7. The van der Waals surface area contributed by atoms with Gasteiger partial charge >= 0.3 is 11.7 Å². The lowest BCUT2D eigenvalue weighted by atomic mass is 9.86. The van der Waals surface area contributed by atoms with Crippen LogP contribution in [0.5, 0.6) is 0 Å². The van der Waals surface area contributed by atoms with E-state index in [4.69, 9.17) is 4.74 Å². The summed E-state index contributed by atoms with van der Waals surface area (Å²) < 4.78 is 5.27. The highest BCUT2D eigenvalue weighted by Gasteiger charge is 2.41. The number of esters is 1. The first-order chi connectivity index (χ1) is 12.1. The van der Waals surface area contributed by atoms with Gasteiger partial charge in [0.2, 0.25) is 0 Å². The number of nitrogens with one attached hydrogen (secondary N) is 1. The van der Waals surface area contributed by atoms with Crippen molar-refractivity contribution in [2.45, 2.75) is 45.6 Å². The fourth-order valence-electron chi connectivity index (χ4n) is 2.79. The minimum atomic E-state index is -0.704. The SMILES string of the molecule is C/C(CCC1CC(=O)OC1(C)C)=N/Nc1ccc([N+](=O)[O-])cc1[N+](=O)[O-]. The number of ether oxygens (including phenoxy) is 1. The number of non-ortho nitro benzene ring substituents is 1. The van der Waals surface area contributed by atoms with Gasteiger partial charge in [0.15, 0.2) is 0 Å². The summed E-state index contributed by atoms with van der Waals surface area (Å²) in [5, 5.41) is 25.9. The van der Waals surface area contributed by atoms with Crippen molar-refractivity contribution in [1.29, 1.82) is 0 Å². The number of nitro groups is 2. The van der Waals surface area contributed by atoms with Crippen molar-refractivity contribution in [2.24, 2.45) is 11.0 Å². The Bertz CT molecular complexity index is 774. The van der Waals surface area contributed by atoms with Crippen molar-refractivity contribution in [3.05, 3.63) is 38.4 Å². The van der Waals surface area contributed by atoms with Gasteiger partial charge in [-0.2, -0.15) is 5.10 Å². The fourth-order valence-corrected chi connectivity index (χ4v) is 2.79. The summed E-state index contributed by atoms with van der Waals surface area (Å²) in [7, 11) is 0. The maximum atomic E-state index is 11.4. The third kappa shape index (κ3) is 4.52. The minimum absolute atomic E-state index is 0.0691. The summed E-state index contributed by atoms with van der Waals surface area (Å²) in [6.07, 6.45) is 1.64. The number of hydrogen-bond donors (Lipinski definition) is 1. The summed E-state index contributed by atoms with van der Waals surface area (Å²) in [4.78, 5) is 31.9. The van der Waals surface area contributed by atoms with Crippen LogP contribution in [0.1, 0.15) is 40.0 Å². The molecule has 1 aromatic carbocycles. The molecule has 26 heavy (non-hydrogen) atoms. The predicted molar refractivity (Wildman–Crippen MR) is 94.0 cm³/mol. The number of nitrogens with zero attached hydrogens (tertiary/aromatic N) is 3. The van der Waals surface area contributed by atoms with Gasteiger partial charge < -0.3 is 4.74 Å². The topological polar surface area (TPSA) is 137 Å². The van der Waals surface area contributed by atoms with E-state index >= 15 is 0 Å². The fraction of sp³-hybridized carbons (Fsp3) is 0.500. The zero-order valence-corrected chi connectivity index (χ0v) is 14.7. The molecule has 10 nitrogen and oxygen atoms in total. The third-order valence-corrected chi connectivity index (χ3v) is 4.38. The second-order valence-corrected chi connectivity index (χ2v) is 6.69. The third-order valence-electron chi connectivity index (χ3n) is 4.38. The van der Waals surface area contributed by atoms with E-state index in [1.165, 1.54) is 12.1 Å². The summed E-state index contributed by atoms with van der Waals surface area (Å²) in [6, 6.07) is 3.31. The van der Waals surface area contributed by atoms with Crippen LogP contribution in [0.4, 0.5) is 17.1 Å². The Morgan fingerprint density at radius 3 is 2.58 bits per heavy atom. The van der Waals surface area contributed by atoms with Crippen LogP contribution in [-0.2, 0) is 9.53 Å². The Balaban J connectivity index is 2.03. The molecule has 0 radical (unpaired) electrons. The van der Waals surface area contributed by atoms with E-state index < -0.39 is 21.1 Å². The van der Waals surface area contributed by atoms with E-state index in [1.807, 2.05) is 13.8 Å². The average molecular weight is 364 g/mol. The van der Waals surface area contributed by atoms with Crippen molar-refractivity contribution in [1.82, 2.24) is 0 Å². The Kier molecular flexibility index (Phi) is 5.53. The molecule has 1 unspecified atom stereocenters. The molecule has 0 aromatic heterocycles. The van der Waals surface area contributed by atoms with Crippen LogP contribution in [0.15, 0.2) is 23.3 Å². The minimum Gasteiger partial charge on any atom is -0.459 e. The van der Waals surface area contributed by atoms with Gasteiger partial charge in [0, 0.05) is 17.7 Å². The van der Waals surface area contributed by atoms with E-state index in [0.717, 1.165) is 6.07 Å². The number of rotatable bonds is 7. The lowest BCUT2D eigenvalue weighted by Crippen LogP contribution is -2.27. The van der Waals surface area contributed by atoms with Gasteiger partial charge in [-0.25, -0.2) is 0 Å². The van der Waals surface area contributed by atoms with E-state index in [1.54, 1.807) is 6.92 Å². The Hall–Kier alpha value is -3.04. The van der Waals surface area contributed by atoms with Crippen molar-refractivity contribution >= 4 is 28.7 Å². The average Bonchev–Trinajstić information content (AvgIpc) is 2.82. The number of hydrazone groups is 1. The molecule has 1 saturated heterocycles. The van der Waals surface area contributed by atoms with Gasteiger partial charge in [0.05, 0.1) is 22.3 Å². The first-order valence-corrected chi connectivity index (χ1v) is 8.04. The first kappa shape index (κ1) is 19.3. The molecule has 1 aliphatic rings. The zero-order chi connectivity index (χ0) is 19.5. The number of nitro benzene ring substituents is 2. The second-order valence-electron chi connectivity index (χ2n) is 6.69. The summed E-state index contributed by atoms with van der Waals surface area (Å²) >= 11 is 0. The number of carbonyl (C=O) groups is 1. The van der Waals surface area contributed by atoms with E-state index in [0.29, 0.717) is 25.0 Å². The maximum Gasteiger partial charge on any atom is 0.306 e. The van der Waals surface area contributed by atoms with Gasteiger partial charge in [-0.1, -0.05) is 0 Å². The van der Waals surface area contributed by atoms with Gasteiger partial charge in [-0.05, 0) is 39.7 Å².